The molecule has 0 saturated carbocycles. The van der Waals surface area contributed by atoms with Gasteiger partial charge in [-0.1, -0.05) is 27.5 Å². The lowest BCUT2D eigenvalue weighted by Crippen LogP contribution is -2.15. The third kappa shape index (κ3) is 2.19. The molecular formula is C15H9BrClNO4. The van der Waals surface area contributed by atoms with Crippen LogP contribution in [0, 0.1) is 0 Å². The molecule has 5 nitrogen and oxygen atoms in total. The van der Waals surface area contributed by atoms with E-state index in [2.05, 4.69) is 15.9 Å². The molecule has 0 spiro atoms. The van der Waals surface area contributed by atoms with Crippen LogP contribution >= 0.6 is 27.5 Å². The smallest absolute Gasteiger partial charge is 0.420 e. The number of fused-ring (bicyclic) bond motifs is 2. The number of aromatic nitrogens is 1. The number of hydrogen-bond acceptors (Lipinski definition) is 4. The van der Waals surface area contributed by atoms with E-state index in [4.69, 9.17) is 25.5 Å². The summed E-state index contributed by atoms with van der Waals surface area (Å²) < 4.78 is 18.3. The van der Waals surface area contributed by atoms with Crippen molar-refractivity contribution >= 4 is 38.6 Å². The van der Waals surface area contributed by atoms with Gasteiger partial charge in [0.2, 0.25) is 6.79 Å². The lowest BCUT2D eigenvalue weighted by molar-refractivity contribution is 0.174. The van der Waals surface area contributed by atoms with Crippen molar-refractivity contribution in [2.45, 2.75) is 6.54 Å². The van der Waals surface area contributed by atoms with Crippen molar-refractivity contribution in [3.05, 3.63) is 55.9 Å². The van der Waals surface area contributed by atoms with Gasteiger partial charge in [0, 0.05) is 15.6 Å². The highest BCUT2D eigenvalue weighted by Gasteiger charge is 2.18. The van der Waals surface area contributed by atoms with Gasteiger partial charge in [0.15, 0.2) is 17.1 Å². The Morgan fingerprint density at radius 2 is 1.95 bits per heavy atom. The van der Waals surface area contributed by atoms with Gasteiger partial charge in [0.05, 0.1) is 12.1 Å². The average molecular weight is 383 g/mol. The molecular weight excluding hydrogens is 374 g/mol. The second-order valence-corrected chi connectivity index (χ2v) is 6.15. The minimum Gasteiger partial charge on any atom is -0.454 e. The molecule has 0 atom stereocenters. The maximum atomic E-state index is 12.1. The van der Waals surface area contributed by atoms with Crippen molar-refractivity contribution in [2.24, 2.45) is 0 Å². The summed E-state index contributed by atoms with van der Waals surface area (Å²) in [5.41, 5.74) is 2.05. The van der Waals surface area contributed by atoms with Crippen molar-refractivity contribution in [3.8, 4) is 11.5 Å². The fraction of sp³-hybridized carbons (Fsp3) is 0.133. The number of ether oxygens (including phenoxy) is 2. The van der Waals surface area contributed by atoms with E-state index >= 15 is 0 Å². The molecule has 0 unspecified atom stereocenters. The van der Waals surface area contributed by atoms with Crippen LogP contribution < -0.4 is 15.2 Å². The summed E-state index contributed by atoms with van der Waals surface area (Å²) in [5, 5.41) is 0.526. The van der Waals surface area contributed by atoms with Crippen molar-refractivity contribution < 1.29 is 13.9 Å². The summed E-state index contributed by atoms with van der Waals surface area (Å²) in [7, 11) is 0. The zero-order chi connectivity index (χ0) is 15.3. The van der Waals surface area contributed by atoms with Crippen LogP contribution in [0.5, 0.6) is 11.5 Å². The van der Waals surface area contributed by atoms with Gasteiger partial charge < -0.3 is 13.9 Å². The van der Waals surface area contributed by atoms with E-state index in [0.29, 0.717) is 34.2 Å². The molecule has 0 N–H and O–H groups in total. The van der Waals surface area contributed by atoms with Gasteiger partial charge >= 0.3 is 5.76 Å². The molecule has 0 amide bonds. The SMILES string of the molecule is O=c1oc2cc(Cl)ccc2n1Cc1cc2c(cc1Br)OCO2. The summed E-state index contributed by atoms with van der Waals surface area (Å²) in [6, 6.07) is 8.81. The van der Waals surface area contributed by atoms with Crippen LogP contribution in [-0.4, -0.2) is 11.4 Å². The number of oxazole rings is 1. The van der Waals surface area contributed by atoms with Crippen LogP contribution in [0.15, 0.2) is 44.0 Å². The van der Waals surface area contributed by atoms with E-state index in [-0.39, 0.29) is 6.79 Å². The molecule has 0 saturated heterocycles. The maximum Gasteiger partial charge on any atom is 0.420 e. The van der Waals surface area contributed by atoms with Crippen LogP contribution in [0.3, 0.4) is 0 Å². The van der Waals surface area contributed by atoms with Crippen molar-refractivity contribution in [1.82, 2.24) is 4.57 Å². The molecule has 2 heterocycles. The summed E-state index contributed by atoms with van der Waals surface area (Å²) in [4.78, 5) is 12.1. The molecule has 3 aromatic rings. The Kier molecular flexibility index (Phi) is 3.16. The Morgan fingerprint density at radius 3 is 2.77 bits per heavy atom. The third-order valence-electron chi connectivity index (χ3n) is 3.50. The molecule has 1 aliphatic heterocycles. The zero-order valence-electron chi connectivity index (χ0n) is 11.1. The number of halogens is 2. The van der Waals surface area contributed by atoms with Crippen LogP contribution in [0.4, 0.5) is 0 Å². The molecule has 22 heavy (non-hydrogen) atoms. The highest BCUT2D eigenvalue weighted by molar-refractivity contribution is 9.10. The van der Waals surface area contributed by atoms with E-state index < -0.39 is 5.76 Å². The maximum absolute atomic E-state index is 12.1. The van der Waals surface area contributed by atoms with E-state index in [0.717, 1.165) is 10.0 Å². The fourth-order valence-corrected chi connectivity index (χ4v) is 3.05. The number of hydrogen-bond donors (Lipinski definition) is 0. The molecule has 112 valence electrons. The quantitative estimate of drug-likeness (QED) is 0.677. The van der Waals surface area contributed by atoms with Crippen molar-refractivity contribution in [1.29, 1.82) is 0 Å². The Balaban J connectivity index is 1.81. The normalized spacial score (nSPS) is 13.0. The first-order valence-electron chi connectivity index (χ1n) is 6.49. The monoisotopic (exact) mass is 381 g/mol. The van der Waals surface area contributed by atoms with Crippen LogP contribution in [0.2, 0.25) is 5.02 Å². The van der Waals surface area contributed by atoms with E-state index in [9.17, 15) is 4.79 Å². The van der Waals surface area contributed by atoms with Crippen molar-refractivity contribution in [3.63, 3.8) is 0 Å². The Bertz CT molecular complexity index is 947. The van der Waals surface area contributed by atoms with Crippen LogP contribution in [-0.2, 0) is 6.54 Å². The predicted molar refractivity (Wildman–Crippen MR) is 84.9 cm³/mol. The zero-order valence-corrected chi connectivity index (χ0v) is 13.5. The molecule has 1 aliphatic rings. The lowest BCUT2D eigenvalue weighted by Gasteiger charge is -2.07. The second kappa shape index (κ2) is 5.07. The average Bonchev–Trinajstić information content (AvgIpc) is 3.03. The molecule has 4 rings (SSSR count). The second-order valence-electron chi connectivity index (χ2n) is 4.86. The number of rotatable bonds is 2. The standard InChI is InChI=1S/C15H9BrClNO4/c16-10-5-14-13(20-7-21-14)3-8(10)6-18-11-2-1-9(17)4-12(11)22-15(18)19/h1-5H,6-7H2. The van der Waals surface area contributed by atoms with Gasteiger partial charge in [-0.3, -0.25) is 4.57 Å². The molecule has 7 heteroatoms. The summed E-state index contributed by atoms with van der Waals surface area (Å²) in [5.74, 6) is 0.927. The summed E-state index contributed by atoms with van der Waals surface area (Å²) in [6.45, 7) is 0.559. The predicted octanol–water partition coefficient (Wildman–Crippen LogP) is 3.79. The third-order valence-corrected chi connectivity index (χ3v) is 4.47. The van der Waals surface area contributed by atoms with Gasteiger partial charge in [-0.15, -0.1) is 0 Å². The van der Waals surface area contributed by atoms with Gasteiger partial charge in [-0.05, 0) is 29.8 Å². The lowest BCUT2D eigenvalue weighted by atomic mass is 10.2. The Labute approximate surface area is 138 Å². The van der Waals surface area contributed by atoms with Crippen molar-refractivity contribution in [2.75, 3.05) is 6.79 Å². The first-order chi connectivity index (χ1) is 10.6. The number of nitrogens with zero attached hydrogens (tertiary/aromatic N) is 1. The minimum absolute atomic E-state index is 0.207. The van der Waals surface area contributed by atoms with Crippen LogP contribution in [0.25, 0.3) is 11.1 Å². The largest absolute Gasteiger partial charge is 0.454 e. The van der Waals surface area contributed by atoms with Gasteiger partial charge in [-0.2, -0.15) is 0 Å². The molecule has 0 radical (unpaired) electrons. The molecule has 1 aromatic heterocycles. The molecule has 2 aromatic carbocycles. The first-order valence-corrected chi connectivity index (χ1v) is 7.66. The van der Waals surface area contributed by atoms with Gasteiger partial charge in [0.1, 0.15) is 0 Å². The highest BCUT2D eigenvalue weighted by Crippen LogP contribution is 2.37. The molecule has 0 fully saturated rings. The first kappa shape index (κ1) is 13.7. The van der Waals surface area contributed by atoms with E-state index in [1.165, 1.54) is 0 Å². The van der Waals surface area contributed by atoms with Gasteiger partial charge in [-0.25, -0.2) is 4.79 Å². The van der Waals surface area contributed by atoms with E-state index in [1.807, 2.05) is 12.1 Å². The van der Waals surface area contributed by atoms with Gasteiger partial charge in [0.25, 0.3) is 0 Å². The summed E-state index contributed by atoms with van der Waals surface area (Å²) >= 11 is 9.41. The summed E-state index contributed by atoms with van der Waals surface area (Å²) in [6.07, 6.45) is 0. The topological polar surface area (TPSA) is 53.6 Å². The van der Waals surface area contributed by atoms with Crippen LogP contribution in [0.1, 0.15) is 5.56 Å². The Morgan fingerprint density at radius 1 is 1.18 bits per heavy atom. The highest BCUT2D eigenvalue weighted by atomic mass is 79.9. The fourth-order valence-electron chi connectivity index (χ4n) is 2.44. The number of benzene rings is 2. The minimum atomic E-state index is -0.429. The van der Waals surface area contributed by atoms with E-state index in [1.54, 1.807) is 22.8 Å². The molecule has 0 bridgehead atoms. The Hall–Kier alpha value is -1.92. The molecule has 0 aliphatic carbocycles.